The summed E-state index contributed by atoms with van der Waals surface area (Å²) in [6, 6.07) is 10.8. The minimum absolute atomic E-state index is 0.0193. The van der Waals surface area contributed by atoms with Gasteiger partial charge in [-0.3, -0.25) is 9.59 Å². The molecule has 166 valence electrons. The molecular weight excluding hydrogens is 437 g/mol. The van der Waals surface area contributed by atoms with Gasteiger partial charge < -0.3 is 16.0 Å². The fourth-order valence-corrected chi connectivity index (χ4v) is 3.76. The molecule has 3 aromatic rings. The number of fused-ring (bicyclic) bond motifs is 1. The average Bonchev–Trinajstić information content (AvgIpc) is 3.54. The van der Waals surface area contributed by atoms with Crippen LogP contribution in [0.1, 0.15) is 24.1 Å². The maximum absolute atomic E-state index is 14.0. The first kappa shape index (κ1) is 21.8. The first-order valence-corrected chi connectivity index (χ1v) is 10.5. The van der Waals surface area contributed by atoms with E-state index in [2.05, 4.69) is 10.4 Å². The van der Waals surface area contributed by atoms with Crippen LogP contribution in [0.25, 0.3) is 10.9 Å². The van der Waals surface area contributed by atoms with Gasteiger partial charge in [0.05, 0.1) is 29.2 Å². The summed E-state index contributed by atoms with van der Waals surface area (Å²) in [5.74, 6) is -1.27. The minimum atomic E-state index is -0.744. The van der Waals surface area contributed by atoms with Gasteiger partial charge >= 0.3 is 6.03 Å². The van der Waals surface area contributed by atoms with E-state index in [9.17, 15) is 18.8 Å². The van der Waals surface area contributed by atoms with Gasteiger partial charge in [0, 0.05) is 23.5 Å². The van der Waals surface area contributed by atoms with Crippen molar-refractivity contribution in [3.05, 3.63) is 64.6 Å². The average molecular weight is 458 g/mol. The van der Waals surface area contributed by atoms with Crippen LogP contribution in [-0.4, -0.2) is 45.1 Å². The van der Waals surface area contributed by atoms with Crippen LogP contribution in [0, 0.1) is 5.82 Å². The van der Waals surface area contributed by atoms with Crippen LogP contribution in [0.2, 0.25) is 5.02 Å². The number of carbonyl (C=O) groups excluding carboxylic acids is 3. The standard InChI is InChI=1S/C22H21ClFN5O3/c23-16-6-3-4-13(21(16)24)11-26-19(30)12-28(14-8-9-14)20(31)10-17-15-5-1-2-7-18(15)29(27-17)22(25)32/h1-7,14H,8-12H2,(H2,25,32)(H,26,30). The number of nitrogens with two attached hydrogens (primary N) is 1. The topological polar surface area (TPSA) is 110 Å². The van der Waals surface area contributed by atoms with Crippen LogP contribution >= 0.6 is 11.6 Å². The fraction of sp³-hybridized carbons (Fsp3) is 0.273. The maximum atomic E-state index is 14.0. The van der Waals surface area contributed by atoms with E-state index in [1.54, 1.807) is 30.3 Å². The number of primary amides is 1. The summed E-state index contributed by atoms with van der Waals surface area (Å²) in [7, 11) is 0. The van der Waals surface area contributed by atoms with Gasteiger partial charge in [-0.05, 0) is 25.0 Å². The second kappa shape index (κ2) is 8.96. The molecule has 1 fully saturated rings. The first-order valence-electron chi connectivity index (χ1n) is 10.1. The lowest BCUT2D eigenvalue weighted by Gasteiger charge is -2.21. The summed E-state index contributed by atoms with van der Waals surface area (Å²) in [5.41, 5.74) is 6.58. The van der Waals surface area contributed by atoms with Crippen molar-refractivity contribution in [2.75, 3.05) is 6.54 Å². The van der Waals surface area contributed by atoms with E-state index >= 15 is 0 Å². The summed E-state index contributed by atoms with van der Waals surface area (Å²) in [4.78, 5) is 38.7. The van der Waals surface area contributed by atoms with Gasteiger partial charge in [0.2, 0.25) is 11.8 Å². The van der Waals surface area contributed by atoms with Gasteiger partial charge in [0.1, 0.15) is 5.82 Å². The van der Waals surface area contributed by atoms with Crippen LogP contribution in [0.5, 0.6) is 0 Å². The molecule has 8 nitrogen and oxygen atoms in total. The molecule has 1 aliphatic carbocycles. The van der Waals surface area contributed by atoms with Crippen molar-refractivity contribution >= 4 is 40.3 Å². The molecule has 0 spiro atoms. The van der Waals surface area contributed by atoms with E-state index < -0.39 is 17.8 Å². The number of aromatic nitrogens is 2. The number of nitrogens with zero attached hydrogens (tertiary/aromatic N) is 3. The Bertz CT molecular complexity index is 1210. The lowest BCUT2D eigenvalue weighted by molar-refractivity contribution is -0.136. The molecule has 2 aromatic carbocycles. The molecule has 0 atom stereocenters. The highest BCUT2D eigenvalue weighted by molar-refractivity contribution is 6.30. The van der Waals surface area contributed by atoms with E-state index in [4.69, 9.17) is 17.3 Å². The molecule has 0 radical (unpaired) electrons. The number of nitrogens with one attached hydrogen (secondary N) is 1. The molecule has 1 aliphatic rings. The van der Waals surface area contributed by atoms with Crippen molar-refractivity contribution in [1.82, 2.24) is 20.0 Å². The molecule has 1 saturated carbocycles. The fourth-order valence-electron chi connectivity index (χ4n) is 3.57. The number of amides is 3. The van der Waals surface area contributed by atoms with Crippen LogP contribution in [-0.2, 0) is 22.6 Å². The van der Waals surface area contributed by atoms with E-state index in [0.29, 0.717) is 16.6 Å². The normalized spacial score (nSPS) is 13.2. The van der Waals surface area contributed by atoms with Gasteiger partial charge in [-0.2, -0.15) is 9.78 Å². The highest BCUT2D eigenvalue weighted by Crippen LogP contribution is 2.28. The quantitative estimate of drug-likeness (QED) is 0.568. The van der Waals surface area contributed by atoms with E-state index in [0.717, 1.165) is 17.5 Å². The van der Waals surface area contributed by atoms with Gasteiger partial charge in [-0.15, -0.1) is 0 Å². The summed E-state index contributed by atoms with van der Waals surface area (Å²) >= 11 is 5.77. The third-order valence-corrected chi connectivity index (χ3v) is 5.61. The highest BCUT2D eigenvalue weighted by Gasteiger charge is 2.34. The third-order valence-electron chi connectivity index (χ3n) is 5.32. The molecule has 0 aliphatic heterocycles. The zero-order valence-electron chi connectivity index (χ0n) is 17.1. The van der Waals surface area contributed by atoms with E-state index in [1.165, 1.54) is 17.0 Å². The number of hydrogen-bond acceptors (Lipinski definition) is 4. The van der Waals surface area contributed by atoms with Crippen molar-refractivity contribution in [1.29, 1.82) is 0 Å². The van der Waals surface area contributed by atoms with Crippen molar-refractivity contribution in [2.45, 2.75) is 31.8 Å². The Morgan fingerprint density at radius 2 is 1.94 bits per heavy atom. The molecule has 4 rings (SSSR count). The van der Waals surface area contributed by atoms with Crippen LogP contribution in [0.3, 0.4) is 0 Å². The lowest BCUT2D eigenvalue weighted by atomic mass is 10.1. The molecule has 32 heavy (non-hydrogen) atoms. The smallest absolute Gasteiger partial charge is 0.340 e. The Morgan fingerprint density at radius 3 is 2.66 bits per heavy atom. The van der Waals surface area contributed by atoms with Gasteiger partial charge in [-0.25, -0.2) is 9.18 Å². The molecule has 3 amide bonds. The summed E-state index contributed by atoms with van der Waals surface area (Å²) in [6.07, 6.45) is 1.53. The van der Waals surface area contributed by atoms with Gasteiger partial charge in [0.25, 0.3) is 0 Å². The first-order chi connectivity index (χ1) is 15.3. The van der Waals surface area contributed by atoms with Gasteiger partial charge in [0.15, 0.2) is 0 Å². The Kier molecular flexibility index (Phi) is 6.09. The maximum Gasteiger partial charge on any atom is 0.340 e. The molecule has 10 heteroatoms. The largest absolute Gasteiger partial charge is 0.350 e. The number of halogens is 2. The van der Waals surface area contributed by atoms with Crippen LogP contribution in [0.15, 0.2) is 42.5 Å². The Morgan fingerprint density at radius 1 is 1.19 bits per heavy atom. The molecule has 3 N–H and O–H groups in total. The van der Waals surface area contributed by atoms with Crippen molar-refractivity contribution < 1.29 is 18.8 Å². The zero-order valence-corrected chi connectivity index (χ0v) is 17.8. The molecular formula is C22H21ClFN5O3. The Balaban J connectivity index is 1.45. The minimum Gasteiger partial charge on any atom is -0.350 e. The molecule has 1 heterocycles. The monoisotopic (exact) mass is 457 g/mol. The number of carbonyl (C=O) groups is 3. The molecule has 1 aromatic heterocycles. The Labute approximate surface area is 188 Å². The van der Waals surface area contributed by atoms with Crippen molar-refractivity contribution in [2.24, 2.45) is 5.73 Å². The Hall–Kier alpha value is -3.46. The van der Waals surface area contributed by atoms with Crippen LogP contribution < -0.4 is 11.1 Å². The SMILES string of the molecule is NC(=O)n1nc(CC(=O)N(CC(=O)NCc2cccc(Cl)c2F)C2CC2)c2ccccc21. The van der Waals surface area contributed by atoms with Crippen molar-refractivity contribution in [3.8, 4) is 0 Å². The zero-order chi connectivity index (χ0) is 22.8. The summed E-state index contributed by atoms with van der Waals surface area (Å²) < 4.78 is 15.1. The predicted molar refractivity (Wildman–Crippen MR) is 116 cm³/mol. The number of para-hydroxylation sites is 1. The van der Waals surface area contributed by atoms with Gasteiger partial charge in [-0.1, -0.05) is 41.9 Å². The molecule has 0 bridgehead atoms. The van der Waals surface area contributed by atoms with Crippen LogP contribution in [0.4, 0.5) is 9.18 Å². The number of rotatable bonds is 7. The van der Waals surface area contributed by atoms with E-state index in [-0.39, 0.29) is 42.0 Å². The van der Waals surface area contributed by atoms with Crippen molar-refractivity contribution in [3.63, 3.8) is 0 Å². The predicted octanol–water partition coefficient (Wildman–Crippen LogP) is 2.61. The molecule has 0 unspecified atom stereocenters. The number of hydrogen-bond donors (Lipinski definition) is 2. The summed E-state index contributed by atoms with van der Waals surface area (Å²) in [5, 5.41) is 7.47. The van der Waals surface area contributed by atoms with E-state index in [1.807, 2.05) is 0 Å². The highest BCUT2D eigenvalue weighted by atomic mass is 35.5. The third kappa shape index (κ3) is 4.57. The second-order valence-electron chi connectivity index (χ2n) is 7.63. The lowest BCUT2D eigenvalue weighted by Crippen LogP contribution is -2.42. The molecule has 0 saturated heterocycles. The second-order valence-corrected chi connectivity index (χ2v) is 8.04. The summed E-state index contributed by atoms with van der Waals surface area (Å²) in [6.45, 7) is -0.189. The number of benzene rings is 2.